The summed E-state index contributed by atoms with van der Waals surface area (Å²) >= 11 is 3.15. The largest absolute Gasteiger partial charge is 0.272 e. The molecule has 0 fully saturated rings. The number of nitrogens with zero attached hydrogens (tertiary/aromatic N) is 2. The molecule has 1 aliphatic heterocycles. The van der Waals surface area contributed by atoms with Gasteiger partial charge in [-0.15, -0.1) is 11.8 Å². The van der Waals surface area contributed by atoms with E-state index >= 15 is 0 Å². The monoisotopic (exact) mass is 290 g/mol. The van der Waals surface area contributed by atoms with Gasteiger partial charge in [-0.3, -0.25) is 9.36 Å². The Morgan fingerprint density at radius 2 is 2.11 bits per heavy atom. The van der Waals surface area contributed by atoms with Gasteiger partial charge in [-0.25, -0.2) is 4.98 Å². The molecule has 5 heteroatoms. The number of benzene rings is 1. The Labute approximate surface area is 120 Å². The van der Waals surface area contributed by atoms with E-state index in [1.807, 2.05) is 36.6 Å². The predicted octanol–water partition coefficient (Wildman–Crippen LogP) is 2.99. The smallest absolute Gasteiger partial charge is 0.268 e. The minimum absolute atomic E-state index is 0.0647. The zero-order chi connectivity index (χ0) is 13.4. The minimum Gasteiger partial charge on any atom is -0.268 e. The standard InChI is InChI=1S/C14H14N2OS2/c1-9-8-11-12(19-9)13(17)16(14(15-11)18-2)10-6-4-3-5-7-10/h3-7,9H,8H2,1-2H3. The zero-order valence-electron chi connectivity index (χ0n) is 10.8. The van der Waals surface area contributed by atoms with Gasteiger partial charge in [-0.1, -0.05) is 36.9 Å². The second-order valence-electron chi connectivity index (χ2n) is 4.48. The average Bonchev–Trinajstić information content (AvgIpc) is 2.80. The summed E-state index contributed by atoms with van der Waals surface area (Å²) in [6, 6.07) is 9.71. The summed E-state index contributed by atoms with van der Waals surface area (Å²) in [7, 11) is 0. The molecule has 0 saturated heterocycles. The molecule has 2 aromatic rings. The van der Waals surface area contributed by atoms with Crippen molar-refractivity contribution in [1.29, 1.82) is 0 Å². The number of hydrogen-bond donors (Lipinski definition) is 0. The fourth-order valence-corrected chi connectivity index (χ4v) is 3.91. The molecule has 98 valence electrons. The number of fused-ring (bicyclic) bond motifs is 1. The molecule has 19 heavy (non-hydrogen) atoms. The predicted molar refractivity (Wildman–Crippen MR) is 80.6 cm³/mol. The Kier molecular flexibility index (Phi) is 3.41. The van der Waals surface area contributed by atoms with Crippen molar-refractivity contribution in [2.45, 2.75) is 28.6 Å². The molecule has 0 radical (unpaired) electrons. The van der Waals surface area contributed by atoms with Crippen LogP contribution in [0.5, 0.6) is 0 Å². The van der Waals surface area contributed by atoms with Gasteiger partial charge in [0, 0.05) is 11.7 Å². The second-order valence-corrected chi connectivity index (χ2v) is 6.71. The van der Waals surface area contributed by atoms with Crippen molar-refractivity contribution in [3.63, 3.8) is 0 Å². The molecule has 3 nitrogen and oxygen atoms in total. The van der Waals surface area contributed by atoms with E-state index in [0.29, 0.717) is 5.25 Å². The first-order valence-electron chi connectivity index (χ1n) is 6.12. The molecule has 0 saturated carbocycles. The summed E-state index contributed by atoms with van der Waals surface area (Å²) in [5, 5.41) is 1.21. The fourth-order valence-electron chi connectivity index (χ4n) is 2.24. The summed E-state index contributed by atoms with van der Waals surface area (Å²) in [4.78, 5) is 18.2. The number of hydrogen-bond acceptors (Lipinski definition) is 4. The minimum atomic E-state index is 0.0647. The second kappa shape index (κ2) is 5.06. The summed E-state index contributed by atoms with van der Waals surface area (Å²) in [6.07, 6.45) is 2.84. The Balaban J connectivity index is 2.26. The highest BCUT2D eigenvalue weighted by Crippen LogP contribution is 2.34. The van der Waals surface area contributed by atoms with Gasteiger partial charge in [0.05, 0.1) is 16.3 Å². The lowest BCUT2D eigenvalue weighted by molar-refractivity contribution is 0.732. The molecule has 1 unspecified atom stereocenters. The lowest BCUT2D eigenvalue weighted by Crippen LogP contribution is -2.23. The summed E-state index contributed by atoms with van der Waals surface area (Å²) in [5.41, 5.74) is 1.90. The van der Waals surface area contributed by atoms with Crippen LogP contribution in [0.25, 0.3) is 5.69 Å². The van der Waals surface area contributed by atoms with E-state index in [1.54, 1.807) is 16.3 Å². The third-order valence-corrected chi connectivity index (χ3v) is 4.93. The third kappa shape index (κ3) is 2.21. The molecule has 1 aliphatic rings. The number of rotatable bonds is 2. The van der Waals surface area contributed by atoms with Crippen LogP contribution in [0.4, 0.5) is 0 Å². The van der Waals surface area contributed by atoms with Crippen molar-refractivity contribution in [3.8, 4) is 5.69 Å². The highest BCUT2D eigenvalue weighted by atomic mass is 32.2. The Morgan fingerprint density at radius 3 is 2.79 bits per heavy atom. The molecule has 2 heterocycles. The maximum absolute atomic E-state index is 12.7. The molecule has 0 spiro atoms. The van der Waals surface area contributed by atoms with Gasteiger partial charge in [0.2, 0.25) is 0 Å². The van der Waals surface area contributed by atoms with E-state index in [0.717, 1.165) is 27.9 Å². The summed E-state index contributed by atoms with van der Waals surface area (Å²) < 4.78 is 1.72. The van der Waals surface area contributed by atoms with Crippen molar-refractivity contribution < 1.29 is 0 Å². The normalized spacial score (nSPS) is 17.5. The van der Waals surface area contributed by atoms with Gasteiger partial charge >= 0.3 is 0 Å². The third-order valence-electron chi connectivity index (χ3n) is 3.08. The topological polar surface area (TPSA) is 34.9 Å². The van der Waals surface area contributed by atoms with Gasteiger partial charge in [0.1, 0.15) is 0 Å². The first-order chi connectivity index (χ1) is 9.20. The van der Waals surface area contributed by atoms with Gasteiger partial charge in [-0.2, -0.15) is 0 Å². The van der Waals surface area contributed by atoms with Gasteiger partial charge in [0.25, 0.3) is 5.56 Å². The van der Waals surface area contributed by atoms with Crippen molar-refractivity contribution in [2.24, 2.45) is 0 Å². The van der Waals surface area contributed by atoms with E-state index < -0.39 is 0 Å². The highest BCUT2D eigenvalue weighted by molar-refractivity contribution is 8.00. The molecule has 0 aliphatic carbocycles. The van der Waals surface area contributed by atoms with Crippen LogP contribution < -0.4 is 5.56 Å². The molecule has 0 amide bonds. The van der Waals surface area contributed by atoms with Crippen LogP contribution in [0.15, 0.2) is 45.2 Å². The fraction of sp³-hybridized carbons (Fsp3) is 0.286. The Bertz CT molecular complexity index is 667. The maximum atomic E-state index is 12.7. The summed E-state index contributed by atoms with van der Waals surface area (Å²) in [5.74, 6) is 0. The molecular formula is C14H14N2OS2. The first-order valence-corrected chi connectivity index (χ1v) is 8.23. The molecular weight excluding hydrogens is 276 g/mol. The average molecular weight is 290 g/mol. The molecule has 1 aromatic heterocycles. The van der Waals surface area contributed by atoms with E-state index in [4.69, 9.17) is 0 Å². The van der Waals surface area contributed by atoms with E-state index in [1.165, 1.54) is 11.8 Å². The van der Waals surface area contributed by atoms with Crippen LogP contribution >= 0.6 is 23.5 Å². The maximum Gasteiger partial charge on any atom is 0.272 e. The van der Waals surface area contributed by atoms with Crippen LogP contribution in [-0.2, 0) is 6.42 Å². The lowest BCUT2D eigenvalue weighted by Gasteiger charge is -2.11. The molecule has 0 N–H and O–H groups in total. The molecule has 1 atom stereocenters. The van der Waals surface area contributed by atoms with Crippen molar-refractivity contribution in [2.75, 3.05) is 6.26 Å². The quantitative estimate of drug-likeness (QED) is 0.629. The SMILES string of the molecule is CSc1nc2c(c(=O)n1-c1ccccc1)SC(C)C2. The number of thioether (sulfide) groups is 2. The van der Waals surface area contributed by atoms with Gasteiger partial charge in [0.15, 0.2) is 5.16 Å². The summed E-state index contributed by atoms with van der Waals surface area (Å²) in [6.45, 7) is 2.14. The van der Waals surface area contributed by atoms with E-state index in [-0.39, 0.29) is 5.56 Å². The molecule has 3 rings (SSSR count). The highest BCUT2D eigenvalue weighted by Gasteiger charge is 2.26. The van der Waals surface area contributed by atoms with Gasteiger partial charge < -0.3 is 0 Å². The van der Waals surface area contributed by atoms with Gasteiger partial charge in [-0.05, 0) is 18.4 Å². The van der Waals surface area contributed by atoms with E-state index in [2.05, 4.69) is 11.9 Å². The van der Waals surface area contributed by atoms with Crippen LogP contribution in [0.3, 0.4) is 0 Å². The van der Waals surface area contributed by atoms with E-state index in [9.17, 15) is 4.79 Å². The lowest BCUT2D eigenvalue weighted by atomic mass is 10.2. The first kappa shape index (κ1) is 12.8. The van der Waals surface area contributed by atoms with Crippen molar-refractivity contribution >= 4 is 23.5 Å². The molecule has 1 aromatic carbocycles. The van der Waals surface area contributed by atoms with Crippen LogP contribution in [0.2, 0.25) is 0 Å². The number of para-hydroxylation sites is 1. The Hall–Kier alpha value is -1.20. The van der Waals surface area contributed by atoms with Crippen molar-refractivity contribution in [3.05, 3.63) is 46.4 Å². The van der Waals surface area contributed by atoms with Crippen molar-refractivity contribution in [1.82, 2.24) is 9.55 Å². The number of aromatic nitrogens is 2. The Morgan fingerprint density at radius 1 is 1.37 bits per heavy atom. The van der Waals surface area contributed by atoms with Crippen LogP contribution in [-0.4, -0.2) is 21.1 Å². The zero-order valence-corrected chi connectivity index (χ0v) is 12.4. The van der Waals surface area contributed by atoms with Crippen LogP contribution in [0, 0.1) is 0 Å². The van der Waals surface area contributed by atoms with Crippen LogP contribution in [0.1, 0.15) is 12.6 Å². The molecule has 0 bridgehead atoms.